The molecule has 1 aromatic rings. The molecule has 1 rings (SSSR count). The highest BCUT2D eigenvalue weighted by Gasteiger charge is 2.07. The molecule has 0 saturated carbocycles. The molecule has 0 saturated heterocycles. The number of rotatable bonds is 4. The third-order valence-corrected chi connectivity index (χ3v) is 2.04. The van der Waals surface area contributed by atoms with Crippen LogP contribution in [0.2, 0.25) is 5.02 Å². The molecule has 0 aliphatic carbocycles. The molecule has 1 N–H and O–H groups in total. The van der Waals surface area contributed by atoms with E-state index in [1.54, 1.807) is 19.1 Å². The highest BCUT2D eigenvalue weighted by Crippen LogP contribution is 2.19. The zero-order chi connectivity index (χ0) is 10.6. The van der Waals surface area contributed by atoms with Crippen molar-refractivity contribution in [2.24, 2.45) is 0 Å². The van der Waals surface area contributed by atoms with E-state index in [0.717, 1.165) is 5.75 Å². The van der Waals surface area contributed by atoms with Crippen molar-refractivity contribution in [2.45, 2.75) is 32.5 Å². The summed E-state index contributed by atoms with van der Waals surface area (Å²) >= 11 is 5.80. The maximum Gasteiger partial charge on any atom is 0.121 e. The molecule has 0 amide bonds. The quantitative estimate of drug-likeness (QED) is 0.835. The Labute approximate surface area is 89.5 Å². The molecule has 14 heavy (non-hydrogen) atoms. The minimum atomic E-state index is -0.343. The molecule has 2 nitrogen and oxygen atoms in total. The Bertz CT molecular complexity index is 286. The molecule has 0 aromatic heterocycles. The standard InChI is InChI=1S/C11H15ClO2/c1-8(13)6-9(2)14-11-5-3-4-10(12)7-11/h3-5,7-9,13H,6H2,1-2H3/t8-,9+/m1/s1. The van der Waals surface area contributed by atoms with Crippen LogP contribution in [0.4, 0.5) is 0 Å². The summed E-state index contributed by atoms with van der Waals surface area (Å²) in [4.78, 5) is 0. The fraction of sp³-hybridized carbons (Fsp3) is 0.455. The third-order valence-electron chi connectivity index (χ3n) is 1.81. The monoisotopic (exact) mass is 214 g/mol. The van der Waals surface area contributed by atoms with Crippen molar-refractivity contribution in [1.29, 1.82) is 0 Å². The fourth-order valence-corrected chi connectivity index (χ4v) is 1.48. The van der Waals surface area contributed by atoms with Gasteiger partial charge in [-0.1, -0.05) is 17.7 Å². The molecule has 0 bridgehead atoms. The van der Waals surface area contributed by atoms with Gasteiger partial charge < -0.3 is 9.84 Å². The summed E-state index contributed by atoms with van der Waals surface area (Å²) in [6, 6.07) is 7.25. The second kappa shape index (κ2) is 5.23. The summed E-state index contributed by atoms with van der Waals surface area (Å²) in [5.74, 6) is 0.741. The molecule has 78 valence electrons. The van der Waals surface area contributed by atoms with Crippen molar-refractivity contribution in [3.63, 3.8) is 0 Å². The fourth-order valence-electron chi connectivity index (χ4n) is 1.30. The number of aliphatic hydroxyl groups is 1. The van der Waals surface area contributed by atoms with E-state index in [4.69, 9.17) is 21.4 Å². The molecule has 2 atom stereocenters. The van der Waals surface area contributed by atoms with Gasteiger partial charge in [-0.15, -0.1) is 0 Å². The molecule has 0 spiro atoms. The molecule has 0 aliphatic heterocycles. The maximum atomic E-state index is 9.15. The lowest BCUT2D eigenvalue weighted by Gasteiger charge is -2.16. The predicted molar refractivity (Wildman–Crippen MR) is 57.8 cm³/mol. The largest absolute Gasteiger partial charge is 0.491 e. The van der Waals surface area contributed by atoms with E-state index in [9.17, 15) is 0 Å². The second-order valence-corrected chi connectivity index (χ2v) is 3.91. The Morgan fingerprint density at radius 3 is 2.71 bits per heavy atom. The molecule has 0 fully saturated rings. The van der Waals surface area contributed by atoms with Crippen LogP contribution in [0.15, 0.2) is 24.3 Å². The van der Waals surface area contributed by atoms with Crippen LogP contribution in [0.3, 0.4) is 0 Å². The van der Waals surface area contributed by atoms with Crippen molar-refractivity contribution in [3.8, 4) is 5.75 Å². The minimum absolute atomic E-state index is 0.00605. The van der Waals surface area contributed by atoms with Crippen molar-refractivity contribution in [3.05, 3.63) is 29.3 Å². The van der Waals surface area contributed by atoms with Crippen LogP contribution >= 0.6 is 11.6 Å². The number of halogens is 1. The molecule has 0 radical (unpaired) electrons. The van der Waals surface area contributed by atoms with Gasteiger partial charge in [0.25, 0.3) is 0 Å². The first-order chi connectivity index (χ1) is 6.58. The van der Waals surface area contributed by atoms with Crippen LogP contribution in [-0.2, 0) is 0 Å². The van der Waals surface area contributed by atoms with Crippen LogP contribution < -0.4 is 4.74 Å². The zero-order valence-electron chi connectivity index (χ0n) is 8.40. The smallest absolute Gasteiger partial charge is 0.121 e. The van der Waals surface area contributed by atoms with E-state index in [2.05, 4.69) is 0 Å². The molecular weight excluding hydrogens is 200 g/mol. The topological polar surface area (TPSA) is 29.5 Å². The van der Waals surface area contributed by atoms with Gasteiger partial charge in [0.05, 0.1) is 12.2 Å². The molecule has 3 heteroatoms. The summed E-state index contributed by atoms with van der Waals surface area (Å²) in [6.07, 6.45) is 0.268. The minimum Gasteiger partial charge on any atom is -0.491 e. The van der Waals surface area contributed by atoms with Gasteiger partial charge in [0.2, 0.25) is 0 Å². The SMILES string of the molecule is C[C@@H](O)C[C@H](C)Oc1cccc(Cl)c1. The van der Waals surface area contributed by atoms with Gasteiger partial charge in [-0.2, -0.15) is 0 Å². The number of hydrogen-bond acceptors (Lipinski definition) is 2. The van der Waals surface area contributed by atoms with Crippen molar-refractivity contribution in [2.75, 3.05) is 0 Å². The molecule has 1 aromatic carbocycles. The van der Waals surface area contributed by atoms with Gasteiger partial charge in [0, 0.05) is 11.4 Å². The van der Waals surface area contributed by atoms with Gasteiger partial charge >= 0.3 is 0 Å². The summed E-state index contributed by atoms with van der Waals surface area (Å²) in [7, 11) is 0. The van der Waals surface area contributed by atoms with Crippen molar-refractivity contribution >= 4 is 11.6 Å². The van der Waals surface area contributed by atoms with E-state index >= 15 is 0 Å². The van der Waals surface area contributed by atoms with E-state index in [1.807, 2.05) is 19.1 Å². The highest BCUT2D eigenvalue weighted by atomic mass is 35.5. The van der Waals surface area contributed by atoms with E-state index in [0.29, 0.717) is 11.4 Å². The molecular formula is C11H15ClO2. The second-order valence-electron chi connectivity index (χ2n) is 3.47. The number of ether oxygens (including phenoxy) is 1. The molecule has 0 heterocycles. The summed E-state index contributed by atoms with van der Waals surface area (Å²) < 4.78 is 5.56. The Morgan fingerprint density at radius 2 is 2.14 bits per heavy atom. The van der Waals surface area contributed by atoms with E-state index in [-0.39, 0.29) is 12.2 Å². The number of aliphatic hydroxyl groups excluding tert-OH is 1. The van der Waals surface area contributed by atoms with E-state index < -0.39 is 0 Å². The van der Waals surface area contributed by atoms with Crippen LogP contribution in [-0.4, -0.2) is 17.3 Å². The van der Waals surface area contributed by atoms with Gasteiger partial charge in [0.1, 0.15) is 5.75 Å². The summed E-state index contributed by atoms with van der Waals surface area (Å²) in [5, 5.41) is 9.81. The zero-order valence-corrected chi connectivity index (χ0v) is 9.16. The van der Waals surface area contributed by atoms with Crippen LogP contribution in [0.1, 0.15) is 20.3 Å². The molecule has 0 aliphatic rings. The maximum absolute atomic E-state index is 9.15. The van der Waals surface area contributed by atoms with Crippen LogP contribution in [0.5, 0.6) is 5.75 Å². The van der Waals surface area contributed by atoms with Crippen molar-refractivity contribution < 1.29 is 9.84 Å². The predicted octanol–water partition coefficient (Wildman–Crippen LogP) is 2.88. The van der Waals surface area contributed by atoms with Gasteiger partial charge in [0.15, 0.2) is 0 Å². The Morgan fingerprint density at radius 1 is 1.43 bits per heavy atom. The molecule has 0 unspecified atom stereocenters. The first kappa shape index (κ1) is 11.3. The lowest BCUT2D eigenvalue weighted by atomic mass is 10.2. The van der Waals surface area contributed by atoms with Crippen LogP contribution in [0, 0.1) is 0 Å². The number of benzene rings is 1. The normalized spacial score (nSPS) is 14.9. The summed E-state index contributed by atoms with van der Waals surface area (Å²) in [6.45, 7) is 3.67. The Hall–Kier alpha value is -0.730. The van der Waals surface area contributed by atoms with Gasteiger partial charge in [-0.3, -0.25) is 0 Å². The van der Waals surface area contributed by atoms with Crippen LogP contribution in [0.25, 0.3) is 0 Å². The average molecular weight is 215 g/mol. The Balaban J connectivity index is 2.51. The first-order valence-corrected chi connectivity index (χ1v) is 5.06. The first-order valence-electron chi connectivity index (χ1n) is 4.68. The number of hydrogen-bond donors (Lipinski definition) is 1. The van der Waals surface area contributed by atoms with Gasteiger partial charge in [-0.05, 0) is 32.0 Å². The highest BCUT2D eigenvalue weighted by molar-refractivity contribution is 6.30. The van der Waals surface area contributed by atoms with E-state index in [1.165, 1.54) is 0 Å². The summed E-state index contributed by atoms with van der Waals surface area (Å²) in [5.41, 5.74) is 0. The average Bonchev–Trinajstić information content (AvgIpc) is 2.01. The Kier molecular flexibility index (Phi) is 4.23. The lowest BCUT2D eigenvalue weighted by molar-refractivity contribution is 0.115. The van der Waals surface area contributed by atoms with Crippen molar-refractivity contribution in [1.82, 2.24) is 0 Å². The third kappa shape index (κ3) is 3.99. The lowest BCUT2D eigenvalue weighted by Crippen LogP contribution is -2.18. The van der Waals surface area contributed by atoms with Gasteiger partial charge in [-0.25, -0.2) is 0 Å².